The molecule has 0 heterocycles. The van der Waals surface area contributed by atoms with E-state index >= 15 is 0 Å². The molecule has 122 valence electrons. The summed E-state index contributed by atoms with van der Waals surface area (Å²) in [7, 11) is 0. The van der Waals surface area contributed by atoms with E-state index in [0.29, 0.717) is 5.56 Å². The van der Waals surface area contributed by atoms with Crippen LogP contribution in [0.3, 0.4) is 0 Å². The minimum Gasteiger partial charge on any atom is -0.508 e. The van der Waals surface area contributed by atoms with Crippen LogP contribution in [0.15, 0.2) is 59.1 Å². The highest BCUT2D eigenvalue weighted by atomic mass is 16.5. The molecule has 0 radical (unpaired) electrons. The highest BCUT2D eigenvalue weighted by Gasteiger charge is 2.11. The first kappa shape index (κ1) is 17.8. The number of rotatable bonds is 3. The maximum Gasteiger partial charge on any atom is 0.182 e. The Hall–Kier alpha value is -3.26. The van der Waals surface area contributed by atoms with Crippen LogP contribution in [-0.2, 0) is 11.3 Å². The van der Waals surface area contributed by atoms with Gasteiger partial charge < -0.3 is 20.5 Å². The largest absolute Gasteiger partial charge is 0.508 e. The van der Waals surface area contributed by atoms with E-state index in [2.05, 4.69) is 11.9 Å². The molecule has 0 aromatic heterocycles. The van der Waals surface area contributed by atoms with E-state index in [-0.39, 0.29) is 35.2 Å². The first-order chi connectivity index (χ1) is 10.9. The predicted molar refractivity (Wildman–Crippen MR) is 81.4 cm³/mol. The fraction of sp³-hybridized carbons (Fsp3) is 0.0667. The summed E-state index contributed by atoms with van der Waals surface area (Å²) >= 11 is 0. The summed E-state index contributed by atoms with van der Waals surface area (Å²) in [6.45, 7) is 2.62. The summed E-state index contributed by atoms with van der Waals surface area (Å²) in [5.41, 5.74) is 0.659. The van der Waals surface area contributed by atoms with Gasteiger partial charge in [-0.1, -0.05) is 0 Å². The van der Waals surface area contributed by atoms with Gasteiger partial charge in [-0.2, -0.15) is 0 Å². The minimum atomic E-state index is -0.333. The van der Waals surface area contributed by atoms with Crippen LogP contribution in [0.5, 0.6) is 11.5 Å². The molecule has 2 rings (SSSR count). The number of carbonyl (C=O) groups excluding carboxylic acids is 1. The lowest BCUT2D eigenvalue weighted by Gasteiger charge is -2.15. The number of nitrogens with zero attached hydrogens (tertiary/aromatic N) is 2. The van der Waals surface area contributed by atoms with Gasteiger partial charge >= 0.3 is 0 Å². The summed E-state index contributed by atoms with van der Waals surface area (Å²) in [6.07, 6.45) is 4.90. The molecule has 1 aromatic carbocycles. The molecular formula is C15H16N2O6. The SMILES string of the molecule is C=NO.O=C1C=CC(=CN(O)Cc2ccc(O)cc2O)C(O)=C1. The number of ketones is 1. The Morgan fingerprint density at radius 2 is 1.87 bits per heavy atom. The minimum absolute atomic E-state index is 0.0509. The van der Waals surface area contributed by atoms with Gasteiger partial charge in [0.15, 0.2) is 5.78 Å². The van der Waals surface area contributed by atoms with Crippen LogP contribution in [0.1, 0.15) is 5.56 Å². The third-order valence-corrected chi connectivity index (χ3v) is 2.69. The van der Waals surface area contributed by atoms with Crippen molar-refractivity contribution in [2.45, 2.75) is 6.54 Å². The number of phenolic OH excluding ortho intramolecular Hbond substituents is 2. The monoisotopic (exact) mass is 320 g/mol. The zero-order valence-electron chi connectivity index (χ0n) is 12.0. The molecule has 1 aliphatic carbocycles. The zero-order chi connectivity index (χ0) is 17.4. The molecule has 0 fully saturated rings. The summed E-state index contributed by atoms with van der Waals surface area (Å²) in [5.74, 6) is -0.813. The number of hydrogen-bond acceptors (Lipinski definition) is 8. The van der Waals surface area contributed by atoms with E-state index < -0.39 is 0 Å². The summed E-state index contributed by atoms with van der Waals surface area (Å²) in [4.78, 5) is 11.0. The van der Waals surface area contributed by atoms with E-state index in [9.17, 15) is 20.2 Å². The summed E-state index contributed by atoms with van der Waals surface area (Å²) in [5, 5.41) is 48.2. The molecule has 8 nitrogen and oxygen atoms in total. The molecule has 1 aliphatic rings. The summed E-state index contributed by atoms with van der Waals surface area (Å²) in [6, 6.07) is 4.00. The standard InChI is InChI=1S/C14H13NO5.CH3NO/c16-11-3-1-9(13(18)5-11)7-15(20)8-10-2-4-12(17)6-14(10)19;1-2-3/h1-7,17-20H,8H2;3H,1H2. The van der Waals surface area contributed by atoms with E-state index in [4.69, 9.17) is 10.3 Å². The fourth-order valence-corrected chi connectivity index (χ4v) is 1.70. The smallest absolute Gasteiger partial charge is 0.182 e. The molecule has 0 aliphatic heterocycles. The molecule has 8 heteroatoms. The molecule has 0 atom stereocenters. The van der Waals surface area contributed by atoms with Crippen LogP contribution in [0.25, 0.3) is 0 Å². The van der Waals surface area contributed by atoms with Gasteiger partial charge in [0.25, 0.3) is 0 Å². The number of hydroxylamine groups is 2. The van der Waals surface area contributed by atoms with Gasteiger partial charge in [-0.3, -0.25) is 15.1 Å². The topological polar surface area (TPSA) is 134 Å². The van der Waals surface area contributed by atoms with Crippen molar-refractivity contribution in [3.8, 4) is 11.5 Å². The highest BCUT2D eigenvalue weighted by Crippen LogP contribution is 2.24. The fourth-order valence-electron chi connectivity index (χ4n) is 1.70. The number of phenols is 2. The van der Waals surface area contributed by atoms with Crippen LogP contribution >= 0.6 is 0 Å². The number of carbonyl (C=O) groups is 1. The number of allylic oxidation sites excluding steroid dienone is 3. The van der Waals surface area contributed by atoms with Gasteiger partial charge in [0.2, 0.25) is 0 Å². The first-order valence-electron chi connectivity index (χ1n) is 6.28. The van der Waals surface area contributed by atoms with Crippen molar-refractivity contribution in [3.05, 3.63) is 59.5 Å². The molecule has 0 bridgehead atoms. The first-order valence-corrected chi connectivity index (χ1v) is 6.28. The Morgan fingerprint density at radius 3 is 2.43 bits per heavy atom. The van der Waals surface area contributed by atoms with Gasteiger partial charge in [0.05, 0.1) is 6.54 Å². The van der Waals surface area contributed by atoms with Crippen LogP contribution in [-0.4, -0.2) is 43.3 Å². The van der Waals surface area contributed by atoms with E-state index in [1.165, 1.54) is 30.5 Å². The van der Waals surface area contributed by atoms with Gasteiger partial charge in [-0.05, 0) is 24.3 Å². The third kappa shape index (κ3) is 5.56. The molecule has 1 aromatic rings. The Labute approximate surface area is 131 Å². The molecule has 5 N–H and O–H groups in total. The second-order valence-electron chi connectivity index (χ2n) is 4.40. The van der Waals surface area contributed by atoms with Gasteiger partial charge in [0, 0.05) is 36.2 Å². The number of aromatic hydroxyl groups is 2. The van der Waals surface area contributed by atoms with Crippen LogP contribution in [0.4, 0.5) is 0 Å². The van der Waals surface area contributed by atoms with Gasteiger partial charge in [0.1, 0.15) is 17.3 Å². The molecule has 23 heavy (non-hydrogen) atoms. The number of benzene rings is 1. The van der Waals surface area contributed by atoms with Gasteiger partial charge in [-0.25, -0.2) is 0 Å². The third-order valence-electron chi connectivity index (χ3n) is 2.69. The Morgan fingerprint density at radius 1 is 1.22 bits per heavy atom. The summed E-state index contributed by atoms with van der Waals surface area (Å²) < 4.78 is 0. The van der Waals surface area contributed by atoms with E-state index in [1.54, 1.807) is 0 Å². The van der Waals surface area contributed by atoms with Crippen LogP contribution in [0, 0.1) is 0 Å². The van der Waals surface area contributed by atoms with Crippen molar-refractivity contribution >= 4 is 12.5 Å². The van der Waals surface area contributed by atoms with E-state index in [0.717, 1.165) is 17.2 Å². The highest BCUT2D eigenvalue weighted by molar-refractivity contribution is 6.01. The predicted octanol–water partition coefficient (Wildman–Crippen LogP) is 1.83. The maximum atomic E-state index is 11.0. The Kier molecular flexibility index (Phi) is 6.38. The Bertz CT molecular complexity index is 679. The van der Waals surface area contributed by atoms with Crippen molar-refractivity contribution < 1.29 is 30.5 Å². The molecule has 0 amide bonds. The van der Waals surface area contributed by atoms with Crippen LogP contribution < -0.4 is 0 Å². The lowest BCUT2D eigenvalue weighted by molar-refractivity contribution is -0.110. The zero-order valence-corrected chi connectivity index (χ0v) is 12.0. The Balaban J connectivity index is 0.000000816. The van der Waals surface area contributed by atoms with Crippen molar-refractivity contribution in [2.24, 2.45) is 5.16 Å². The molecule has 0 saturated heterocycles. The van der Waals surface area contributed by atoms with Crippen molar-refractivity contribution in [1.82, 2.24) is 5.06 Å². The maximum absolute atomic E-state index is 11.0. The molecule has 0 spiro atoms. The molecule has 0 unspecified atom stereocenters. The lowest BCUT2D eigenvalue weighted by atomic mass is 10.1. The number of oxime groups is 1. The lowest BCUT2D eigenvalue weighted by Crippen LogP contribution is -2.13. The second-order valence-corrected chi connectivity index (χ2v) is 4.40. The average Bonchev–Trinajstić information content (AvgIpc) is 2.46. The number of hydrogen-bond donors (Lipinski definition) is 5. The van der Waals surface area contributed by atoms with Crippen molar-refractivity contribution in [1.29, 1.82) is 0 Å². The number of aliphatic hydroxyl groups excluding tert-OH is 1. The average molecular weight is 320 g/mol. The molecular weight excluding hydrogens is 304 g/mol. The molecule has 0 saturated carbocycles. The second kappa shape index (κ2) is 8.25. The van der Waals surface area contributed by atoms with Crippen molar-refractivity contribution in [3.63, 3.8) is 0 Å². The quantitative estimate of drug-likeness (QED) is 0.326. The van der Waals surface area contributed by atoms with Gasteiger partial charge in [-0.15, -0.1) is 5.16 Å². The van der Waals surface area contributed by atoms with Crippen LogP contribution in [0.2, 0.25) is 0 Å². The number of aliphatic hydroxyl groups is 1. The van der Waals surface area contributed by atoms with E-state index in [1.807, 2.05) is 0 Å². The van der Waals surface area contributed by atoms with Crippen molar-refractivity contribution in [2.75, 3.05) is 0 Å². The normalized spacial score (nSPS) is 14.7.